The van der Waals surface area contributed by atoms with E-state index >= 15 is 0 Å². The molecule has 1 saturated carbocycles. The van der Waals surface area contributed by atoms with Gasteiger partial charge in [0.2, 0.25) is 0 Å². The van der Waals surface area contributed by atoms with Gasteiger partial charge in [0.05, 0.1) is 0 Å². The molecule has 0 radical (unpaired) electrons. The molecule has 1 aliphatic rings. The first-order chi connectivity index (χ1) is 9.97. The summed E-state index contributed by atoms with van der Waals surface area (Å²) in [5, 5.41) is 12.1. The van der Waals surface area contributed by atoms with Gasteiger partial charge in [-0.15, -0.1) is 0 Å². The van der Waals surface area contributed by atoms with Crippen molar-refractivity contribution < 1.29 is 14.7 Å². The number of rotatable bonds is 4. The monoisotopic (exact) mass is 289 g/mol. The molecule has 2 rings (SSSR count). The number of benzene rings is 1. The minimum absolute atomic E-state index is 0.0473. The van der Waals surface area contributed by atoms with Gasteiger partial charge in [0.15, 0.2) is 0 Å². The molecule has 0 spiro atoms. The molecular formula is C17H23NO3. The Kier molecular flexibility index (Phi) is 4.99. The molecule has 4 nitrogen and oxygen atoms in total. The average molecular weight is 289 g/mol. The van der Waals surface area contributed by atoms with E-state index in [0.717, 1.165) is 43.2 Å². The van der Waals surface area contributed by atoms with Crippen LogP contribution in [0.15, 0.2) is 18.2 Å². The summed E-state index contributed by atoms with van der Waals surface area (Å²) in [6, 6.07) is 4.80. The third-order valence-electron chi connectivity index (χ3n) is 4.16. The van der Waals surface area contributed by atoms with Crippen LogP contribution in [0.25, 0.3) is 0 Å². The fourth-order valence-electron chi connectivity index (χ4n) is 3.18. The van der Waals surface area contributed by atoms with Crippen LogP contribution in [0.3, 0.4) is 0 Å². The van der Waals surface area contributed by atoms with Crippen LogP contribution in [0.2, 0.25) is 0 Å². The van der Waals surface area contributed by atoms with Crippen LogP contribution >= 0.6 is 0 Å². The van der Waals surface area contributed by atoms with Gasteiger partial charge in [-0.3, -0.25) is 4.79 Å². The Balaban J connectivity index is 2.12. The highest BCUT2D eigenvalue weighted by atomic mass is 16.4. The Morgan fingerprint density at radius 2 is 1.67 bits per heavy atom. The maximum atomic E-state index is 12.3. The van der Waals surface area contributed by atoms with Crippen molar-refractivity contribution in [2.45, 2.75) is 52.0 Å². The SMILES string of the molecule is Cc1cc(C)cc(C(=O)NC(C(=O)O)C2CCCCC2)c1. The zero-order valence-electron chi connectivity index (χ0n) is 12.7. The van der Waals surface area contributed by atoms with Gasteiger partial charge in [0.25, 0.3) is 5.91 Å². The second-order valence-electron chi connectivity index (χ2n) is 6.06. The number of hydrogen-bond donors (Lipinski definition) is 2. The minimum atomic E-state index is -0.931. The molecule has 2 N–H and O–H groups in total. The Morgan fingerprint density at radius 3 is 2.19 bits per heavy atom. The van der Waals surface area contributed by atoms with Gasteiger partial charge in [-0.1, -0.05) is 36.5 Å². The number of amides is 1. The molecule has 0 saturated heterocycles. The van der Waals surface area contributed by atoms with Gasteiger partial charge in [-0.05, 0) is 44.7 Å². The predicted octanol–water partition coefficient (Wildman–Crippen LogP) is 3.07. The second kappa shape index (κ2) is 6.74. The van der Waals surface area contributed by atoms with E-state index in [0.29, 0.717) is 5.56 Å². The van der Waals surface area contributed by atoms with Crippen molar-refractivity contribution in [2.75, 3.05) is 0 Å². The van der Waals surface area contributed by atoms with Crippen molar-refractivity contribution in [3.63, 3.8) is 0 Å². The van der Waals surface area contributed by atoms with Gasteiger partial charge in [-0.25, -0.2) is 4.79 Å². The summed E-state index contributed by atoms with van der Waals surface area (Å²) < 4.78 is 0. The van der Waals surface area contributed by atoms with Crippen molar-refractivity contribution in [1.29, 1.82) is 0 Å². The molecular weight excluding hydrogens is 266 g/mol. The number of hydrogen-bond acceptors (Lipinski definition) is 2. The molecule has 0 heterocycles. The number of carboxylic acids is 1. The first-order valence-corrected chi connectivity index (χ1v) is 7.59. The fourth-order valence-corrected chi connectivity index (χ4v) is 3.18. The topological polar surface area (TPSA) is 66.4 Å². The third-order valence-corrected chi connectivity index (χ3v) is 4.16. The van der Waals surface area contributed by atoms with Crippen LogP contribution in [-0.4, -0.2) is 23.0 Å². The van der Waals surface area contributed by atoms with E-state index in [1.807, 2.05) is 19.9 Å². The molecule has 21 heavy (non-hydrogen) atoms. The molecule has 0 aromatic heterocycles. The van der Waals surface area contributed by atoms with E-state index < -0.39 is 12.0 Å². The summed E-state index contributed by atoms with van der Waals surface area (Å²) in [7, 11) is 0. The molecule has 1 fully saturated rings. The number of carboxylic acid groups (broad SMARTS) is 1. The summed E-state index contributed by atoms with van der Waals surface area (Å²) in [6.07, 6.45) is 5.02. The molecule has 1 atom stereocenters. The number of aryl methyl sites for hydroxylation is 2. The zero-order chi connectivity index (χ0) is 15.4. The highest BCUT2D eigenvalue weighted by Crippen LogP contribution is 2.27. The predicted molar refractivity (Wildman–Crippen MR) is 81.4 cm³/mol. The average Bonchev–Trinajstić information content (AvgIpc) is 2.44. The van der Waals surface area contributed by atoms with Crippen molar-refractivity contribution in [3.05, 3.63) is 34.9 Å². The normalized spacial score (nSPS) is 17.2. The Hall–Kier alpha value is -1.84. The first kappa shape index (κ1) is 15.5. The molecule has 1 aliphatic carbocycles. The Morgan fingerprint density at radius 1 is 1.10 bits per heavy atom. The Bertz CT molecular complexity index is 513. The summed E-state index contributed by atoms with van der Waals surface area (Å²) in [5.74, 6) is -1.18. The van der Waals surface area contributed by atoms with Crippen LogP contribution in [0.4, 0.5) is 0 Å². The first-order valence-electron chi connectivity index (χ1n) is 7.59. The van der Waals surface area contributed by atoms with Gasteiger partial charge in [-0.2, -0.15) is 0 Å². The molecule has 114 valence electrons. The quantitative estimate of drug-likeness (QED) is 0.895. The van der Waals surface area contributed by atoms with Crippen LogP contribution in [0.5, 0.6) is 0 Å². The summed E-state index contributed by atoms with van der Waals surface area (Å²) >= 11 is 0. The number of carbonyl (C=O) groups is 2. The van der Waals surface area contributed by atoms with Crippen molar-refractivity contribution in [1.82, 2.24) is 5.32 Å². The van der Waals surface area contributed by atoms with Crippen LogP contribution < -0.4 is 5.32 Å². The summed E-state index contributed by atoms with van der Waals surface area (Å²) in [5.41, 5.74) is 2.55. The van der Waals surface area contributed by atoms with Gasteiger partial charge in [0, 0.05) is 5.56 Å². The molecule has 1 aromatic carbocycles. The number of carbonyl (C=O) groups excluding carboxylic acids is 1. The van der Waals surface area contributed by atoms with Crippen LogP contribution in [-0.2, 0) is 4.79 Å². The minimum Gasteiger partial charge on any atom is -0.480 e. The van der Waals surface area contributed by atoms with Crippen LogP contribution in [0.1, 0.15) is 53.6 Å². The lowest BCUT2D eigenvalue weighted by atomic mass is 9.84. The Labute approximate surface area is 125 Å². The molecule has 1 aromatic rings. The van der Waals surface area contributed by atoms with Gasteiger partial charge < -0.3 is 10.4 Å². The fraction of sp³-hybridized carbons (Fsp3) is 0.529. The van der Waals surface area contributed by atoms with Gasteiger partial charge >= 0.3 is 5.97 Å². The van der Waals surface area contributed by atoms with E-state index in [1.165, 1.54) is 0 Å². The van der Waals surface area contributed by atoms with Crippen molar-refractivity contribution in [3.8, 4) is 0 Å². The number of nitrogens with one attached hydrogen (secondary N) is 1. The van der Waals surface area contributed by atoms with Crippen molar-refractivity contribution >= 4 is 11.9 Å². The summed E-state index contributed by atoms with van der Waals surface area (Å²) in [4.78, 5) is 23.8. The molecule has 1 amide bonds. The maximum Gasteiger partial charge on any atom is 0.326 e. The third kappa shape index (κ3) is 4.06. The molecule has 0 aliphatic heterocycles. The van der Waals surface area contributed by atoms with E-state index in [4.69, 9.17) is 0 Å². The maximum absolute atomic E-state index is 12.3. The van der Waals surface area contributed by atoms with Crippen molar-refractivity contribution in [2.24, 2.45) is 5.92 Å². The highest BCUT2D eigenvalue weighted by molar-refractivity contribution is 5.97. The largest absolute Gasteiger partial charge is 0.480 e. The van der Waals surface area contributed by atoms with E-state index in [1.54, 1.807) is 12.1 Å². The highest BCUT2D eigenvalue weighted by Gasteiger charge is 2.30. The smallest absolute Gasteiger partial charge is 0.326 e. The lowest BCUT2D eigenvalue weighted by molar-refractivity contribution is -0.141. The zero-order valence-corrected chi connectivity index (χ0v) is 12.7. The lowest BCUT2D eigenvalue weighted by Crippen LogP contribution is -2.46. The van der Waals surface area contributed by atoms with Crippen LogP contribution in [0, 0.1) is 19.8 Å². The molecule has 0 bridgehead atoms. The number of aliphatic carboxylic acids is 1. The molecule has 4 heteroatoms. The molecule has 1 unspecified atom stereocenters. The van der Waals surface area contributed by atoms with Gasteiger partial charge in [0.1, 0.15) is 6.04 Å². The standard InChI is InChI=1S/C17H23NO3/c1-11-8-12(2)10-14(9-11)16(19)18-15(17(20)21)13-6-4-3-5-7-13/h8-10,13,15H,3-7H2,1-2H3,(H,18,19)(H,20,21). The summed E-state index contributed by atoms with van der Waals surface area (Å²) in [6.45, 7) is 3.86. The lowest BCUT2D eigenvalue weighted by Gasteiger charge is -2.28. The van der Waals surface area contributed by atoms with E-state index in [9.17, 15) is 14.7 Å². The second-order valence-corrected chi connectivity index (χ2v) is 6.06. The van der Waals surface area contributed by atoms with E-state index in [2.05, 4.69) is 5.32 Å². The van der Waals surface area contributed by atoms with E-state index in [-0.39, 0.29) is 11.8 Å².